The highest BCUT2D eigenvalue weighted by Gasteiger charge is 2.61. The van der Waals surface area contributed by atoms with Crippen molar-refractivity contribution in [2.24, 2.45) is 0 Å². The number of methoxy groups -OCH3 is 1. The van der Waals surface area contributed by atoms with Crippen molar-refractivity contribution in [3.63, 3.8) is 0 Å². The standard InChI is InChI=1S/C13H13NO4/c1-16-10-3-2-8(5-14)9(12(10)15)4-13-7-17-6-11(13)18-13/h2-3,11,15H,4,6-7H2,1H3. The molecule has 2 aliphatic rings. The Hall–Kier alpha value is -1.77. The molecule has 2 fully saturated rings. The molecule has 1 N–H and O–H groups in total. The Bertz CT molecular complexity index is 537. The zero-order valence-electron chi connectivity index (χ0n) is 9.97. The third-order valence-corrected chi connectivity index (χ3v) is 3.58. The lowest BCUT2D eigenvalue weighted by atomic mass is 9.94. The summed E-state index contributed by atoms with van der Waals surface area (Å²) in [4.78, 5) is 0. The maximum atomic E-state index is 10.1. The molecule has 0 spiro atoms. The topological polar surface area (TPSA) is 75.0 Å². The smallest absolute Gasteiger partial charge is 0.162 e. The van der Waals surface area contributed by atoms with Crippen molar-refractivity contribution in [1.82, 2.24) is 0 Å². The number of nitriles is 1. The van der Waals surface area contributed by atoms with Gasteiger partial charge in [-0.25, -0.2) is 0 Å². The number of rotatable bonds is 3. The van der Waals surface area contributed by atoms with E-state index >= 15 is 0 Å². The number of aromatic hydroxyl groups is 1. The molecule has 0 bridgehead atoms. The molecule has 2 heterocycles. The maximum Gasteiger partial charge on any atom is 0.162 e. The Morgan fingerprint density at radius 3 is 3.00 bits per heavy atom. The average molecular weight is 247 g/mol. The fourth-order valence-corrected chi connectivity index (χ4v) is 2.47. The van der Waals surface area contributed by atoms with Crippen LogP contribution in [0.5, 0.6) is 11.5 Å². The van der Waals surface area contributed by atoms with Crippen molar-refractivity contribution in [2.45, 2.75) is 18.1 Å². The highest BCUT2D eigenvalue weighted by molar-refractivity contribution is 5.54. The van der Waals surface area contributed by atoms with Crippen LogP contribution >= 0.6 is 0 Å². The zero-order valence-corrected chi connectivity index (χ0v) is 9.97. The van der Waals surface area contributed by atoms with Crippen LogP contribution in [0.25, 0.3) is 0 Å². The van der Waals surface area contributed by atoms with Gasteiger partial charge in [-0.15, -0.1) is 0 Å². The number of epoxide rings is 1. The van der Waals surface area contributed by atoms with Gasteiger partial charge < -0.3 is 19.3 Å². The molecule has 0 amide bonds. The first-order valence-electron chi connectivity index (χ1n) is 5.75. The van der Waals surface area contributed by atoms with Gasteiger partial charge in [0, 0.05) is 12.0 Å². The third kappa shape index (κ3) is 1.54. The van der Waals surface area contributed by atoms with E-state index in [0.717, 1.165) is 0 Å². The van der Waals surface area contributed by atoms with Crippen LogP contribution in [-0.4, -0.2) is 37.1 Å². The molecule has 5 nitrogen and oxygen atoms in total. The van der Waals surface area contributed by atoms with Crippen LogP contribution in [0.15, 0.2) is 12.1 Å². The largest absolute Gasteiger partial charge is 0.504 e. The number of nitrogens with zero attached hydrogens (tertiary/aromatic N) is 1. The molecule has 0 saturated carbocycles. The molecule has 18 heavy (non-hydrogen) atoms. The maximum absolute atomic E-state index is 10.1. The van der Waals surface area contributed by atoms with Crippen LogP contribution in [0.2, 0.25) is 0 Å². The predicted octanol–water partition coefficient (Wildman–Crippen LogP) is 0.983. The molecule has 3 rings (SSSR count). The van der Waals surface area contributed by atoms with Gasteiger partial charge in [-0.2, -0.15) is 5.26 Å². The summed E-state index contributed by atoms with van der Waals surface area (Å²) in [5.41, 5.74) is 0.670. The molecule has 2 aliphatic heterocycles. The van der Waals surface area contributed by atoms with Gasteiger partial charge in [0.05, 0.1) is 32.0 Å². The molecule has 1 aromatic rings. The summed E-state index contributed by atoms with van der Waals surface area (Å²) < 4.78 is 16.0. The van der Waals surface area contributed by atoms with Crippen LogP contribution in [0.1, 0.15) is 11.1 Å². The van der Waals surface area contributed by atoms with Crippen molar-refractivity contribution >= 4 is 0 Å². The first-order chi connectivity index (χ1) is 8.70. The minimum absolute atomic E-state index is 0.0204. The van der Waals surface area contributed by atoms with E-state index in [0.29, 0.717) is 36.5 Å². The summed E-state index contributed by atoms with van der Waals surface area (Å²) in [6, 6.07) is 5.32. The normalized spacial score (nSPS) is 28.6. The molecule has 2 unspecified atom stereocenters. The monoisotopic (exact) mass is 247 g/mol. The average Bonchev–Trinajstić information content (AvgIpc) is 2.92. The van der Waals surface area contributed by atoms with E-state index < -0.39 is 0 Å². The Morgan fingerprint density at radius 1 is 1.61 bits per heavy atom. The highest BCUT2D eigenvalue weighted by atomic mass is 16.7. The molecule has 2 atom stereocenters. The van der Waals surface area contributed by atoms with E-state index in [1.54, 1.807) is 12.1 Å². The summed E-state index contributed by atoms with van der Waals surface area (Å²) in [5, 5.41) is 19.2. The van der Waals surface area contributed by atoms with Crippen molar-refractivity contribution in [3.8, 4) is 17.6 Å². The van der Waals surface area contributed by atoms with Gasteiger partial charge in [0.2, 0.25) is 0 Å². The van der Waals surface area contributed by atoms with Gasteiger partial charge in [-0.05, 0) is 12.1 Å². The lowest BCUT2D eigenvalue weighted by Gasteiger charge is -2.13. The van der Waals surface area contributed by atoms with Gasteiger partial charge >= 0.3 is 0 Å². The molecular formula is C13H13NO4. The quantitative estimate of drug-likeness (QED) is 0.806. The van der Waals surface area contributed by atoms with Crippen LogP contribution in [0.3, 0.4) is 0 Å². The predicted molar refractivity (Wildman–Crippen MR) is 61.5 cm³/mol. The van der Waals surface area contributed by atoms with Crippen molar-refractivity contribution < 1.29 is 19.3 Å². The summed E-state index contributed by atoms with van der Waals surface area (Å²) >= 11 is 0. The number of hydrogen-bond acceptors (Lipinski definition) is 5. The van der Waals surface area contributed by atoms with Crippen LogP contribution in [-0.2, 0) is 15.9 Å². The zero-order chi connectivity index (χ0) is 12.8. The van der Waals surface area contributed by atoms with Gasteiger partial charge in [-0.1, -0.05) is 0 Å². The van der Waals surface area contributed by atoms with E-state index in [-0.39, 0.29) is 17.5 Å². The lowest BCUT2D eigenvalue weighted by Crippen LogP contribution is -2.20. The second kappa shape index (κ2) is 3.87. The molecule has 94 valence electrons. The van der Waals surface area contributed by atoms with E-state index in [1.165, 1.54) is 7.11 Å². The first-order valence-corrected chi connectivity index (χ1v) is 5.75. The molecule has 0 aliphatic carbocycles. The second-order valence-electron chi connectivity index (χ2n) is 4.62. The van der Waals surface area contributed by atoms with E-state index in [1.807, 2.05) is 0 Å². The number of hydrogen-bond donors (Lipinski definition) is 1. The number of fused-ring (bicyclic) bond motifs is 1. The minimum Gasteiger partial charge on any atom is -0.504 e. The molecule has 2 saturated heterocycles. The van der Waals surface area contributed by atoms with Crippen LogP contribution in [0.4, 0.5) is 0 Å². The third-order valence-electron chi connectivity index (χ3n) is 3.58. The number of phenols is 1. The summed E-state index contributed by atoms with van der Waals surface area (Å²) in [5.74, 6) is 0.392. The molecule has 0 aromatic heterocycles. The van der Waals surface area contributed by atoms with E-state index in [9.17, 15) is 5.11 Å². The van der Waals surface area contributed by atoms with Crippen molar-refractivity contribution in [1.29, 1.82) is 5.26 Å². The lowest BCUT2D eigenvalue weighted by molar-refractivity contribution is 0.0696. The van der Waals surface area contributed by atoms with Gasteiger partial charge in [-0.3, -0.25) is 0 Å². The summed E-state index contributed by atoms with van der Waals surface area (Å²) in [6.07, 6.45) is 0.568. The fraction of sp³-hybridized carbons (Fsp3) is 0.462. The Morgan fingerprint density at radius 2 is 2.44 bits per heavy atom. The number of phenolic OH excluding ortho intramolecular Hbond substituents is 1. The Labute approximate surface area is 105 Å². The van der Waals surface area contributed by atoms with E-state index in [4.69, 9.17) is 19.5 Å². The molecule has 5 heteroatoms. The highest BCUT2D eigenvalue weighted by Crippen LogP contribution is 2.47. The number of benzene rings is 1. The van der Waals surface area contributed by atoms with Gasteiger partial charge in [0.1, 0.15) is 11.7 Å². The molecule has 1 aromatic carbocycles. The van der Waals surface area contributed by atoms with Crippen molar-refractivity contribution in [3.05, 3.63) is 23.3 Å². The minimum atomic E-state index is -0.352. The number of ether oxygens (including phenoxy) is 3. The first kappa shape index (κ1) is 11.3. The Balaban J connectivity index is 1.97. The fourth-order valence-electron chi connectivity index (χ4n) is 2.47. The molecular weight excluding hydrogens is 234 g/mol. The summed E-state index contributed by atoms with van der Waals surface area (Å²) in [6.45, 7) is 1.10. The van der Waals surface area contributed by atoms with E-state index in [2.05, 4.69) is 6.07 Å². The van der Waals surface area contributed by atoms with Crippen LogP contribution in [0, 0.1) is 11.3 Å². The van der Waals surface area contributed by atoms with Gasteiger partial charge in [0.25, 0.3) is 0 Å². The SMILES string of the molecule is COc1ccc(C#N)c(CC23COCC2O3)c1O. The second-order valence-corrected chi connectivity index (χ2v) is 4.62. The summed E-state index contributed by atoms with van der Waals surface area (Å²) in [7, 11) is 1.48. The molecule has 0 radical (unpaired) electrons. The van der Waals surface area contributed by atoms with Crippen molar-refractivity contribution in [2.75, 3.05) is 20.3 Å². The Kier molecular flexibility index (Phi) is 2.44. The van der Waals surface area contributed by atoms with Gasteiger partial charge in [0.15, 0.2) is 11.5 Å². The van der Waals surface area contributed by atoms with Crippen LogP contribution < -0.4 is 4.74 Å².